The number of rotatable bonds is 6. The first kappa shape index (κ1) is 24.3. The number of nitrogens with zero attached hydrogens (tertiary/aromatic N) is 4. The van der Waals surface area contributed by atoms with E-state index < -0.39 is 0 Å². The zero-order valence-electron chi connectivity index (χ0n) is 18.5. The monoisotopic (exact) mass is 539 g/mol. The smallest absolute Gasteiger partial charge is 0.255 e. The van der Waals surface area contributed by atoms with Gasteiger partial charge in [0.25, 0.3) is 5.91 Å². The summed E-state index contributed by atoms with van der Waals surface area (Å²) < 4.78 is 0. The van der Waals surface area contributed by atoms with Gasteiger partial charge >= 0.3 is 0 Å². The summed E-state index contributed by atoms with van der Waals surface area (Å²) in [6.45, 7) is 0.612. The predicted molar refractivity (Wildman–Crippen MR) is 133 cm³/mol. The second kappa shape index (κ2) is 11.1. The van der Waals surface area contributed by atoms with Gasteiger partial charge in [-0.3, -0.25) is 9.78 Å². The fraction of sp³-hybridized carbons (Fsp3) is 0.0769. The van der Waals surface area contributed by atoms with Gasteiger partial charge in [-0.2, -0.15) is 7.05 Å². The number of nitrogens with one attached hydrogen (secondary N) is 1. The molecule has 5 aromatic rings. The second-order valence-electron chi connectivity index (χ2n) is 7.48. The second-order valence-corrected chi connectivity index (χ2v) is 8.46. The van der Waals surface area contributed by atoms with Gasteiger partial charge in [-0.25, -0.2) is 9.97 Å². The molecule has 165 valence electrons. The summed E-state index contributed by atoms with van der Waals surface area (Å²) in [5.41, 5.74) is 5.99. The molecule has 0 bridgehead atoms. The molecule has 34 heavy (non-hydrogen) atoms. The van der Waals surface area contributed by atoms with Gasteiger partial charge < -0.3 is 10.6 Å². The Balaban J connectivity index is 0.00000274. The van der Waals surface area contributed by atoms with E-state index in [-0.39, 0.29) is 38.6 Å². The van der Waals surface area contributed by atoms with E-state index in [0.717, 1.165) is 37.6 Å². The molecule has 3 aromatic heterocycles. The number of anilines is 1. The Morgan fingerprint density at radius 3 is 2.65 bits per heavy atom. The van der Waals surface area contributed by atoms with Crippen molar-refractivity contribution in [2.75, 3.05) is 12.4 Å². The van der Waals surface area contributed by atoms with Gasteiger partial charge in [0.15, 0.2) is 0 Å². The Morgan fingerprint density at radius 2 is 1.82 bits per heavy atom. The maximum Gasteiger partial charge on any atom is 0.255 e. The summed E-state index contributed by atoms with van der Waals surface area (Å²) in [6.07, 6.45) is 5.32. The summed E-state index contributed by atoms with van der Waals surface area (Å²) in [4.78, 5) is 27.3. The van der Waals surface area contributed by atoms with Crippen LogP contribution in [0.1, 0.15) is 15.9 Å². The van der Waals surface area contributed by atoms with Crippen LogP contribution in [0, 0.1) is 0 Å². The van der Waals surface area contributed by atoms with Crippen molar-refractivity contribution in [3.8, 4) is 21.7 Å². The third kappa shape index (κ3) is 5.28. The summed E-state index contributed by atoms with van der Waals surface area (Å²) in [5.74, 6) is -0.176. The van der Waals surface area contributed by atoms with E-state index in [1.807, 2.05) is 72.9 Å². The van der Waals surface area contributed by atoms with Crippen LogP contribution >= 0.6 is 11.3 Å². The Kier molecular flexibility index (Phi) is 7.90. The molecule has 1 N–H and O–H groups in total. The van der Waals surface area contributed by atoms with Gasteiger partial charge in [0.2, 0.25) is 0 Å². The number of pyridine rings is 2. The molecule has 2 aromatic carbocycles. The van der Waals surface area contributed by atoms with Crippen molar-refractivity contribution in [2.45, 2.75) is 6.54 Å². The van der Waals surface area contributed by atoms with Crippen LogP contribution in [0.3, 0.4) is 0 Å². The van der Waals surface area contributed by atoms with E-state index >= 15 is 0 Å². The number of carbonyl (C=O) groups is 1. The van der Waals surface area contributed by atoms with Crippen LogP contribution in [0.15, 0.2) is 85.3 Å². The fourth-order valence-electron chi connectivity index (χ4n) is 3.61. The number of carbonyl (C=O) groups excluding carboxylic acids is 1. The first-order valence-corrected chi connectivity index (χ1v) is 11.3. The maximum atomic E-state index is 13.1. The number of hydrogen-bond acceptors (Lipinski definition) is 5. The van der Waals surface area contributed by atoms with Crippen molar-refractivity contribution in [1.82, 2.24) is 15.0 Å². The Bertz CT molecular complexity index is 1440. The van der Waals surface area contributed by atoms with Gasteiger partial charge in [-0.05, 0) is 59.2 Å². The first-order valence-electron chi connectivity index (χ1n) is 10.4. The third-order valence-electron chi connectivity index (χ3n) is 5.19. The van der Waals surface area contributed by atoms with Gasteiger partial charge in [-0.15, -0.1) is 6.54 Å². The van der Waals surface area contributed by atoms with Gasteiger partial charge in [-0.1, -0.05) is 35.6 Å². The molecule has 0 fully saturated rings. The molecular weight excluding hydrogens is 519 g/mol. The molecule has 1 amide bonds. The van der Waals surface area contributed by atoms with Crippen molar-refractivity contribution >= 4 is 33.3 Å². The molecule has 0 saturated heterocycles. The molecule has 1 radical (unpaired) electrons. The van der Waals surface area contributed by atoms with Gasteiger partial charge in [0.05, 0.1) is 5.69 Å². The van der Waals surface area contributed by atoms with E-state index in [4.69, 9.17) is 4.98 Å². The number of fused-ring (bicyclic) bond motifs is 1. The summed E-state index contributed by atoms with van der Waals surface area (Å²) >= 11 is 1.50. The molecule has 0 spiro atoms. The van der Waals surface area contributed by atoms with Crippen molar-refractivity contribution < 1.29 is 37.5 Å². The third-order valence-corrected chi connectivity index (χ3v) is 6.20. The number of thiazole rings is 1. The summed E-state index contributed by atoms with van der Waals surface area (Å²) in [5, 5.41) is 8.03. The van der Waals surface area contributed by atoms with E-state index in [9.17, 15) is 4.79 Å². The molecular formula is C26H20N5OSY-. The normalized spacial score (nSPS) is 10.6. The number of aromatic nitrogens is 3. The average Bonchev–Trinajstić information content (AvgIpc) is 3.28. The van der Waals surface area contributed by atoms with Gasteiger partial charge in [0, 0.05) is 62.4 Å². The number of hydrogen-bond donors (Lipinski definition) is 1. The molecule has 0 aliphatic heterocycles. The van der Waals surface area contributed by atoms with E-state index in [0.29, 0.717) is 17.8 Å². The molecule has 0 aliphatic carbocycles. The topological polar surface area (TPSA) is 81.9 Å². The molecule has 8 heteroatoms. The molecule has 0 saturated carbocycles. The molecule has 0 atom stereocenters. The van der Waals surface area contributed by atoms with E-state index in [1.54, 1.807) is 19.4 Å². The number of amides is 1. The predicted octanol–water partition coefficient (Wildman–Crippen LogP) is 6.17. The molecule has 6 nitrogen and oxygen atoms in total. The molecule has 0 unspecified atom stereocenters. The van der Waals surface area contributed by atoms with Crippen LogP contribution in [0.4, 0.5) is 5.69 Å². The van der Waals surface area contributed by atoms with Crippen LogP contribution < -0.4 is 5.32 Å². The molecule has 5 rings (SSSR count). The standard InChI is InChI=1S/C26H20N5OS.Y/c1-27-15-17-13-23-26(29-16-17)33-25(31-23)21-7-2-3-8-22(21)30-24(32)20-6-4-5-19(14-20)18-9-11-28-12-10-18;/h2-14,16H,15H2,1H3,(H,30,32);/q-1;. The summed E-state index contributed by atoms with van der Waals surface area (Å²) in [7, 11) is 1.78. The van der Waals surface area contributed by atoms with Crippen LogP contribution in [-0.4, -0.2) is 27.9 Å². The minimum Gasteiger partial charge on any atom is -0.661 e. The van der Waals surface area contributed by atoms with Crippen molar-refractivity contribution in [3.63, 3.8) is 0 Å². The van der Waals surface area contributed by atoms with Crippen molar-refractivity contribution in [1.29, 1.82) is 0 Å². The van der Waals surface area contributed by atoms with Crippen LogP contribution in [0.5, 0.6) is 0 Å². The van der Waals surface area contributed by atoms with Crippen LogP contribution in [-0.2, 0) is 39.3 Å². The largest absolute Gasteiger partial charge is 0.661 e. The summed E-state index contributed by atoms with van der Waals surface area (Å²) in [6, 6.07) is 21.1. The van der Waals surface area contributed by atoms with Crippen LogP contribution in [0.2, 0.25) is 0 Å². The first-order chi connectivity index (χ1) is 16.2. The van der Waals surface area contributed by atoms with Crippen LogP contribution in [0.25, 0.3) is 37.4 Å². The van der Waals surface area contributed by atoms with E-state index in [2.05, 4.69) is 20.6 Å². The molecule has 3 heterocycles. The van der Waals surface area contributed by atoms with Crippen molar-refractivity contribution in [2.24, 2.45) is 0 Å². The van der Waals surface area contributed by atoms with Gasteiger partial charge in [0.1, 0.15) is 15.4 Å². The zero-order valence-corrected chi connectivity index (χ0v) is 22.1. The zero-order chi connectivity index (χ0) is 22.6. The number of benzene rings is 2. The Hall–Kier alpha value is -2.84. The minimum atomic E-state index is -0.176. The maximum absolute atomic E-state index is 13.1. The Morgan fingerprint density at radius 1 is 1.00 bits per heavy atom. The van der Waals surface area contributed by atoms with E-state index in [1.165, 1.54) is 11.3 Å². The number of para-hydroxylation sites is 1. The SMILES string of the molecule is C[N-]Cc1cnc2sc(-c3ccccc3NC(=O)c3cccc(-c4ccncc4)c3)nc2c1.[Y]. The Labute approximate surface area is 226 Å². The average molecular weight is 539 g/mol. The fourth-order valence-corrected chi connectivity index (χ4v) is 4.54. The minimum absolute atomic E-state index is 0. The van der Waals surface area contributed by atoms with Crippen molar-refractivity contribution in [3.05, 3.63) is 102 Å². The molecule has 0 aliphatic rings. The quantitative estimate of drug-likeness (QED) is 0.280.